The summed E-state index contributed by atoms with van der Waals surface area (Å²) in [5.41, 5.74) is 6.58. The van der Waals surface area contributed by atoms with Crippen LogP contribution >= 0.6 is 0 Å². The van der Waals surface area contributed by atoms with E-state index in [2.05, 4.69) is 15.4 Å². The molecule has 3 heterocycles. The monoisotopic (exact) mass is 437 g/mol. The van der Waals surface area contributed by atoms with Crippen molar-refractivity contribution in [2.75, 3.05) is 19.5 Å². The lowest BCUT2D eigenvalue weighted by atomic mass is 10.0. The van der Waals surface area contributed by atoms with Gasteiger partial charge in [0.1, 0.15) is 11.5 Å². The average molecular weight is 438 g/mol. The predicted octanol–water partition coefficient (Wildman–Crippen LogP) is 5.53. The van der Waals surface area contributed by atoms with Crippen LogP contribution in [0, 0.1) is 6.92 Å². The molecule has 7 nitrogen and oxygen atoms in total. The number of ether oxygens (including phenoxy) is 2. The largest absolute Gasteiger partial charge is 0.497 e. The number of benzene rings is 2. The van der Waals surface area contributed by atoms with Gasteiger partial charge in [-0.1, -0.05) is 12.1 Å². The number of hydrogen-bond acceptors (Lipinski definition) is 6. The summed E-state index contributed by atoms with van der Waals surface area (Å²) in [6, 6.07) is 21.8. The third-order valence-corrected chi connectivity index (χ3v) is 5.41. The highest BCUT2D eigenvalue weighted by Gasteiger charge is 2.12. The molecule has 0 saturated heterocycles. The lowest BCUT2D eigenvalue weighted by molar-refractivity contribution is 0.415. The van der Waals surface area contributed by atoms with Gasteiger partial charge in [0.15, 0.2) is 5.65 Å². The molecule has 5 aromatic rings. The first-order chi connectivity index (χ1) is 16.1. The molecule has 0 spiro atoms. The molecular formula is C26H23N5O2. The number of aryl methyl sites for hydroxylation is 1. The first-order valence-electron chi connectivity index (χ1n) is 10.5. The van der Waals surface area contributed by atoms with Gasteiger partial charge in [0.05, 0.1) is 14.2 Å². The second-order valence-electron chi connectivity index (χ2n) is 7.58. The van der Waals surface area contributed by atoms with Gasteiger partial charge < -0.3 is 14.8 Å². The Morgan fingerprint density at radius 1 is 0.848 bits per heavy atom. The Morgan fingerprint density at radius 3 is 2.55 bits per heavy atom. The maximum absolute atomic E-state index is 5.66. The first-order valence-corrected chi connectivity index (χ1v) is 10.5. The molecule has 0 saturated carbocycles. The van der Waals surface area contributed by atoms with Crippen LogP contribution < -0.4 is 14.8 Å². The molecule has 164 valence electrons. The SMILES string of the molecule is COc1cccc(-c2cccn3nc(Nc4ccc(-c5ccnc(C)c5)c(OC)c4)nc23)c1. The van der Waals surface area contributed by atoms with E-state index in [-0.39, 0.29) is 0 Å². The van der Waals surface area contributed by atoms with Gasteiger partial charge in [-0.25, -0.2) is 4.52 Å². The maximum Gasteiger partial charge on any atom is 0.247 e. The molecule has 2 aromatic carbocycles. The first kappa shape index (κ1) is 20.5. The van der Waals surface area contributed by atoms with Crippen LogP contribution in [0.3, 0.4) is 0 Å². The van der Waals surface area contributed by atoms with E-state index in [4.69, 9.17) is 14.5 Å². The molecule has 0 unspecified atom stereocenters. The summed E-state index contributed by atoms with van der Waals surface area (Å²) in [6.07, 6.45) is 3.68. The number of methoxy groups -OCH3 is 2. The number of nitrogens with one attached hydrogen (secondary N) is 1. The minimum Gasteiger partial charge on any atom is -0.497 e. The molecule has 0 bridgehead atoms. The smallest absolute Gasteiger partial charge is 0.247 e. The van der Waals surface area contributed by atoms with Crippen LogP contribution in [-0.4, -0.2) is 33.8 Å². The molecule has 0 aliphatic heterocycles. The standard InChI is InChI=1S/C26H23N5O2/c1-17-14-19(11-12-27-17)22-10-9-20(16-24(22)33-3)28-26-29-25-23(8-5-13-31(25)30-26)18-6-4-7-21(15-18)32-2/h4-16H,1-3H3,(H,28,30). The summed E-state index contributed by atoms with van der Waals surface area (Å²) in [5.74, 6) is 2.05. The third-order valence-electron chi connectivity index (χ3n) is 5.41. The van der Waals surface area contributed by atoms with Crippen molar-refractivity contribution >= 4 is 17.3 Å². The number of nitrogens with zero attached hydrogens (tertiary/aromatic N) is 4. The molecule has 5 rings (SSSR count). The van der Waals surface area contributed by atoms with E-state index in [1.165, 1.54) is 0 Å². The topological polar surface area (TPSA) is 73.6 Å². The highest BCUT2D eigenvalue weighted by molar-refractivity contribution is 5.79. The van der Waals surface area contributed by atoms with Crippen molar-refractivity contribution in [2.24, 2.45) is 0 Å². The molecule has 0 atom stereocenters. The zero-order valence-electron chi connectivity index (χ0n) is 18.6. The van der Waals surface area contributed by atoms with Gasteiger partial charge in [-0.15, -0.1) is 5.10 Å². The number of hydrogen-bond donors (Lipinski definition) is 1. The summed E-state index contributed by atoms with van der Waals surface area (Å²) < 4.78 is 12.8. The summed E-state index contributed by atoms with van der Waals surface area (Å²) >= 11 is 0. The minimum atomic E-state index is 0.500. The second-order valence-corrected chi connectivity index (χ2v) is 7.58. The Labute approximate surface area is 191 Å². The number of fused-ring (bicyclic) bond motifs is 1. The highest BCUT2D eigenvalue weighted by Crippen LogP contribution is 2.33. The van der Waals surface area contributed by atoms with Crippen molar-refractivity contribution < 1.29 is 9.47 Å². The van der Waals surface area contributed by atoms with E-state index in [0.29, 0.717) is 5.95 Å². The Balaban J connectivity index is 1.48. The van der Waals surface area contributed by atoms with Gasteiger partial charge in [-0.05, 0) is 66.6 Å². The van der Waals surface area contributed by atoms with Crippen molar-refractivity contribution in [1.29, 1.82) is 0 Å². The van der Waals surface area contributed by atoms with Crippen LogP contribution in [0.2, 0.25) is 0 Å². The fourth-order valence-corrected chi connectivity index (χ4v) is 3.82. The van der Waals surface area contributed by atoms with Crippen LogP contribution in [0.4, 0.5) is 11.6 Å². The molecule has 33 heavy (non-hydrogen) atoms. The van der Waals surface area contributed by atoms with Gasteiger partial charge in [-0.3, -0.25) is 4.98 Å². The fourth-order valence-electron chi connectivity index (χ4n) is 3.82. The zero-order valence-corrected chi connectivity index (χ0v) is 18.6. The second kappa shape index (κ2) is 8.63. The molecule has 3 aromatic heterocycles. The predicted molar refractivity (Wildman–Crippen MR) is 129 cm³/mol. The molecule has 0 fully saturated rings. The van der Waals surface area contributed by atoms with Gasteiger partial charge in [-0.2, -0.15) is 4.98 Å². The van der Waals surface area contributed by atoms with E-state index >= 15 is 0 Å². The molecule has 0 amide bonds. The van der Waals surface area contributed by atoms with E-state index in [1.807, 2.05) is 79.9 Å². The Kier molecular flexibility index (Phi) is 5.36. The summed E-state index contributed by atoms with van der Waals surface area (Å²) in [6.45, 7) is 1.97. The molecule has 0 radical (unpaired) electrons. The summed E-state index contributed by atoms with van der Waals surface area (Å²) in [7, 11) is 3.33. The van der Waals surface area contributed by atoms with Crippen LogP contribution in [0.25, 0.3) is 27.9 Å². The van der Waals surface area contributed by atoms with Crippen LogP contribution in [0.1, 0.15) is 5.69 Å². The summed E-state index contributed by atoms with van der Waals surface area (Å²) in [5, 5.41) is 7.90. The lowest BCUT2D eigenvalue weighted by Gasteiger charge is -2.11. The normalized spacial score (nSPS) is 10.9. The van der Waals surface area contributed by atoms with Crippen molar-refractivity contribution in [3.8, 4) is 33.8 Å². The van der Waals surface area contributed by atoms with Gasteiger partial charge >= 0.3 is 0 Å². The Hall–Kier alpha value is -4.39. The van der Waals surface area contributed by atoms with Gasteiger partial charge in [0, 0.05) is 41.0 Å². The van der Waals surface area contributed by atoms with Crippen LogP contribution in [-0.2, 0) is 0 Å². The third kappa shape index (κ3) is 4.08. The van der Waals surface area contributed by atoms with E-state index in [1.54, 1.807) is 24.9 Å². The Bertz CT molecular complexity index is 1440. The number of pyridine rings is 2. The van der Waals surface area contributed by atoms with Crippen molar-refractivity contribution in [3.63, 3.8) is 0 Å². The van der Waals surface area contributed by atoms with E-state index < -0.39 is 0 Å². The average Bonchev–Trinajstić information content (AvgIpc) is 3.26. The lowest BCUT2D eigenvalue weighted by Crippen LogP contribution is -1.95. The van der Waals surface area contributed by atoms with Crippen LogP contribution in [0.15, 0.2) is 79.1 Å². The van der Waals surface area contributed by atoms with Crippen molar-refractivity contribution in [1.82, 2.24) is 19.6 Å². The maximum atomic E-state index is 5.66. The fraction of sp³-hybridized carbons (Fsp3) is 0.115. The zero-order chi connectivity index (χ0) is 22.8. The van der Waals surface area contributed by atoms with Crippen molar-refractivity contribution in [2.45, 2.75) is 6.92 Å². The van der Waals surface area contributed by atoms with Crippen LogP contribution in [0.5, 0.6) is 11.5 Å². The molecule has 7 heteroatoms. The van der Waals surface area contributed by atoms with Gasteiger partial charge in [0.2, 0.25) is 5.95 Å². The van der Waals surface area contributed by atoms with E-state index in [0.717, 1.165) is 50.8 Å². The van der Waals surface area contributed by atoms with Gasteiger partial charge in [0.25, 0.3) is 0 Å². The number of anilines is 2. The summed E-state index contributed by atoms with van der Waals surface area (Å²) in [4.78, 5) is 9.01. The van der Waals surface area contributed by atoms with Crippen molar-refractivity contribution in [3.05, 3.63) is 84.8 Å². The molecular weight excluding hydrogens is 414 g/mol. The Morgan fingerprint density at radius 2 is 1.73 bits per heavy atom. The quantitative estimate of drug-likeness (QED) is 0.377. The number of rotatable bonds is 6. The minimum absolute atomic E-state index is 0.500. The molecule has 1 N–H and O–H groups in total. The number of aromatic nitrogens is 4. The highest BCUT2D eigenvalue weighted by atomic mass is 16.5. The van der Waals surface area contributed by atoms with E-state index in [9.17, 15) is 0 Å². The molecule has 0 aliphatic carbocycles. The molecule has 0 aliphatic rings.